The van der Waals surface area contributed by atoms with Gasteiger partial charge in [-0.1, -0.05) is 13.8 Å². The molecule has 2 N–H and O–H groups in total. The zero-order valence-electron chi connectivity index (χ0n) is 13.2. The Kier molecular flexibility index (Phi) is 7.96. The average Bonchev–Trinajstić information content (AvgIpc) is 2.45. The summed E-state index contributed by atoms with van der Waals surface area (Å²) in [7, 11) is -0.815. The van der Waals surface area contributed by atoms with Crippen molar-refractivity contribution in [1.82, 2.24) is 15.0 Å². The van der Waals surface area contributed by atoms with E-state index in [-0.39, 0.29) is 5.25 Å². The Hall–Kier alpha value is -1.44. The molecule has 8 heteroatoms. The van der Waals surface area contributed by atoms with Gasteiger partial charge in [0.2, 0.25) is 11.9 Å². The van der Waals surface area contributed by atoms with Crippen molar-refractivity contribution in [2.24, 2.45) is 0 Å². The molecule has 0 fully saturated rings. The highest BCUT2D eigenvalue weighted by molar-refractivity contribution is 7.84. The maximum absolute atomic E-state index is 11.3. The second-order valence-corrected chi connectivity index (χ2v) is 6.47. The lowest BCUT2D eigenvalue weighted by Crippen LogP contribution is -2.17. The number of anilines is 2. The highest BCUT2D eigenvalue weighted by Crippen LogP contribution is 2.12. The van der Waals surface area contributed by atoms with Crippen LogP contribution in [-0.4, -0.2) is 50.4 Å². The normalized spacial score (nSPS) is 13.5. The fraction of sp³-hybridized carbons (Fsp3) is 0.769. The largest absolute Gasteiger partial charge is 0.463 e. The first-order chi connectivity index (χ1) is 10.1. The van der Waals surface area contributed by atoms with E-state index in [1.807, 2.05) is 20.8 Å². The number of hydrogen-bond acceptors (Lipinski definition) is 7. The van der Waals surface area contributed by atoms with Gasteiger partial charge in [0.15, 0.2) is 0 Å². The summed E-state index contributed by atoms with van der Waals surface area (Å²) in [6.45, 7) is 7.91. The van der Waals surface area contributed by atoms with Gasteiger partial charge in [0.05, 0.1) is 6.61 Å². The number of nitrogens with zero attached hydrogens (tertiary/aromatic N) is 3. The lowest BCUT2D eigenvalue weighted by Gasteiger charge is -2.11. The van der Waals surface area contributed by atoms with Gasteiger partial charge < -0.3 is 15.4 Å². The van der Waals surface area contributed by atoms with Gasteiger partial charge in [0.25, 0.3) is 0 Å². The molecule has 1 aromatic rings. The molecule has 2 atom stereocenters. The van der Waals surface area contributed by atoms with Crippen molar-refractivity contribution in [3.8, 4) is 6.01 Å². The van der Waals surface area contributed by atoms with E-state index in [1.54, 1.807) is 6.26 Å². The molecule has 1 heterocycles. The molecule has 0 radical (unpaired) electrons. The van der Waals surface area contributed by atoms with E-state index in [9.17, 15) is 4.21 Å². The maximum atomic E-state index is 11.3. The van der Waals surface area contributed by atoms with Crippen LogP contribution in [0.3, 0.4) is 0 Å². The van der Waals surface area contributed by atoms with Crippen LogP contribution in [0.2, 0.25) is 0 Å². The Balaban J connectivity index is 2.66. The summed E-state index contributed by atoms with van der Waals surface area (Å²) in [4.78, 5) is 12.7. The number of ether oxygens (including phenoxy) is 1. The summed E-state index contributed by atoms with van der Waals surface area (Å²) in [6.07, 6.45) is 3.40. The standard InChI is InChI=1S/C13H25N5O2S/c1-5-9-20-13-17-11(14-6-2)16-12(18-13)15-8-7-10(3)21(4)19/h10H,5-9H2,1-4H3,(H2,14,15,16,17,18). The van der Waals surface area contributed by atoms with E-state index < -0.39 is 10.8 Å². The van der Waals surface area contributed by atoms with Gasteiger partial charge in [-0.2, -0.15) is 15.0 Å². The van der Waals surface area contributed by atoms with Crippen molar-refractivity contribution in [2.75, 3.05) is 36.6 Å². The third-order valence-electron chi connectivity index (χ3n) is 2.79. The minimum absolute atomic E-state index is 0.142. The van der Waals surface area contributed by atoms with E-state index in [0.717, 1.165) is 19.4 Å². The molecule has 0 aliphatic rings. The molecule has 0 spiro atoms. The Morgan fingerprint density at radius 3 is 2.43 bits per heavy atom. The highest BCUT2D eigenvalue weighted by Gasteiger charge is 2.09. The molecule has 1 rings (SSSR count). The number of rotatable bonds is 10. The number of aromatic nitrogens is 3. The van der Waals surface area contributed by atoms with Gasteiger partial charge in [-0.15, -0.1) is 0 Å². The van der Waals surface area contributed by atoms with E-state index in [4.69, 9.17) is 4.74 Å². The van der Waals surface area contributed by atoms with Crippen LogP contribution in [0, 0.1) is 0 Å². The summed E-state index contributed by atoms with van der Waals surface area (Å²) in [5.41, 5.74) is 0. The van der Waals surface area contributed by atoms with Crippen molar-refractivity contribution in [3.05, 3.63) is 0 Å². The van der Waals surface area contributed by atoms with Crippen LogP contribution in [0.4, 0.5) is 11.9 Å². The monoisotopic (exact) mass is 315 g/mol. The fourth-order valence-electron chi connectivity index (χ4n) is 1.48. The quantitative estimate of drug-likeness (QED) is 0.678. The van der Waals surface area contributed by atoms with Crippen molar-refractivity contribution >= 4 is 22.7 Å². The van der Waals surface area contributed by atoms with Crippen molar-refractivity contribution in [1.29, 1.82) is 0 Å². The maximum Gasteiger partial charge on any atom is 0.323 e. The van der Waals surface area contributed by atoms with Crippen LogP contribution in [0.15, 0.2) is 0 Å². The molecule has 0 bridgehead atoms. The van der Waals surface area contributed by atoms with Crippen molar-refractivity contribution < 1.29 is 8.95 Å². The van der Waals surface area contributed by atoms with Crippen LogP contribution in [0.1, 0.15) is 33.6 Å². The van der Waals surface area contributed by atoms with Crippen LogP contribution in [0.5, 0.6) is 6.01 Å². The van der Waals surface area contributed by atoms with Crippen LogP contribution < -0.4 is 15.4 Å². The molecule has 7 nitrogen and oxygen atoms in total. The first-order valence-corrected chi connectivity index (χ1v) is 8.87. The fourth-order valence-corrected chi connectivity index (χ4v) is 1.93. The summed E-state index contributed by atoms with van der Waals surface area (Å²) in [6, 6.07) is 0.317. The smallest absolute Gasteiger partial charge is 0.323 e. The Morgan fingerprint density at radius 2 is 1.86 bits per heavy atom. The molecule has 21 heavy (non-hydrogen) atoms. The van der Waals surface area contributed by atoms with E-state index in [1.165, 1.54) is 0 Å². The Labute approximate surface area is 128 Å². The van der Waals surface area contributed by atoms with Gasteiger partial charge in [-0.25, -0.2) is 0 Å². The van der Waals surface area contributed by atoms with Crippen LogP contribution in [0.25, 0.3) is 0 Å². The van der Waals surface area contributed by atoms with E-state index >= 15 is 0 Å². The molecule has 0 aliphatic heterocycles. The predicted molar refractivity (Wildman–Crippen MR) is 86.4 cm³/mol. The summed E-state index contributed by atoms with van der Waals surface area (Å²) >= 11 is 0. The molecule has 0 aliphatic carbocycles. The molecule has 1 aromatic heterocycles. The first-order valence-electron chi connectivity index (χ1n) is 7.25. The van der Waals surface area contributed by atoms with E-state index in [2.05, 4.69) is 25.6 Å². The molecule has 2 unspecified atom stereocenters. The molecule has 0 aromatic carbocycles. The second kappa shape index (κ2) is 9.49. The van der Waals surface area contributed by atoms with Crippen LogP contribution in [-0.2, 0) is 10.8 Å². The lowest BCUT2D eigenvalue weighted by atomic mass is 10.3. The van der Waals surface area contributed by atoms with Gasteiger partial charge in [-0.05, 0) is 19.8 Å². The molecule has 120 valence electrons. The Morgan fingerprint density at radius 1 is 1.19 bits per heavy atom. The molecular weight excluding hydrogens is 290 g/mol. The first kappa shape index (κ1) is 17.6. The SMILES string of the molecule is CCCOc1nc(NCC)nc(NCCC(C)S(C)=O)n1. The van der Waals surface area contributed by atoms with Gasteiger partial charge in [-0.3, -0.25) is 4.21 Å². The predicted octanol–water partition coefficient (Wildman–Crippen LogP) is 1.66. The van der Waals surface area contributed by atoms with Gasteiger partial charge >= 0.3 is 6.01 Å². The molecule has 0 saturated heterocycles. The minimum Gasteiger partial charge on any atom is -0.463 e. The van der Waals surface area contributed by atoms with Crippen molar-refractivity contribution in [3.63, 3.8) is 0 Å². The van der Waals surface area contributed by atoms with Crippen LogP contribution >= 0.6 is 0 Å². The van der Waals surface area contributed by atoms with Gasteiger partial charge in [0.1, 0.15) is 0 Å². The Bertz CT molecular complexity index is 458. The topological polar surface area (TPSA) is 89.0 Å². The number of hydrogen-bond donors (Lipinski definition) is 2. The third kappa shape index (κ3) is 6.70. The summed E-state index contributed by atoms with van der Waals surface area (Å²) < 4.78 is 16.8. The molecule has 0 amide bonds. The highest BCUT2D eigenvalue weighted by atomic mass is 32.2. The zero-order chi connectivity index (χ0) is 15.7. The molecule has 0 saturated carbocycles. The second-order valence-electron chi connectivity index (χ2n) is 4.67. The third-order valence-corrected chi connectivity index (χ3v) is 4.15. The summed E-state index contributed by atoms with van der Waals surface area (Å²) in [5.74, 6) is 0.967. The minimum atomic E-state index is -0.815. The van der Waals surface area contributed by atoms with Crippen molar-refractivity contribution in [2.45, 2.75) is 38.9 Å². The summed E-state index contributed by atoms with van der Waals surface area (Å²) in [5, 5.41) is 6.32. The average molecular weight is 315 g/mol. The van der Waals surface area contributed by atoms with E-state index in [0.29, 0.717) is 31.1 Å². The number of nitrogens with one attached hydrogen (secondary N) is 2. The molecular formula is C13H25N5O2S. The zero-order valence-corrected chi connectivity index (χ0v) is 14.0. The lowest BCUT2D eigenvalue weighted by molar-refractivity contribution is 0.292. The van der Waals surface area contributed by atoms with Gasteiger partial charge in [0, 0.05) is 35.4 Å².